The molecule has 0 saturated carbocycles. The van der Waals surface area contributed by atoms with E-state index >= 15 is 0 Å². The fourth-order valence-corrected chi connectivity index (χ4v) is 2.80. The molecule has 8 nitrogen and oxygen atoms in total. The third-order valence-corrected chi connectivity index (χ3v) is 4.04. The van der Waals surface area contributed by atoms with E-state index < -0.39 is 51.4 Å². The molecule has 9 heteroatoms. The van der Waals surface area contributed by atoms with E-state index in [9.17, 15) is 22.8 Å². The third-order valence-electron chi connectivity index (χ3n) is 3.28. The van der Waals surface area contributed by atoms with Crippen molar-refractivity contribution >= 4 is 27.8 Å². The summed E-state index contributed by atoms with van der Waals surface area (Å²) in [5.41, 5.74) is 0.285. The van der Waals surface area contributed by atoms with Crippen molar-refractivity contribution in [2.75, 3.05) is 5.75 Å². The Bertz CT molecular complexity index is 713. The van der Waals surface area contributed by atoms with Crippen LogP contribution in [0.2, 0.25) is 0 Å². The summed E-state index contributed by atoms with van der Waals surface area (Å²) in [6.45, 7) is 3.23. The minimum absolute atomic E-state index is 0.285. The Morgan fingerprint density at radius 1 is 1.12 bits per heavy atom. The van der Waals surface area contributed by atoms with E-state index in [2.05, 4.69) is 0 Å². The standard InChI is InChI=1S/C15H19NO7S/c1-9(2)12(13(17)10-6-4-3-5-7-10)14(18)16-11(15(19)20)8-24(21,22)23/h3-7,9,11-12H,8H2,1-2H3,(H,16,18)(H,19,20)(H,21,22,23). The molecule has 1 aromatic rings. The molecule has 2 atom stereocenters. The van der Waals surface area contributed by atoms with Gasteiger partial charge in [0.1, 0.15) is 17.7 Å². The lowest BCUT2D eigenvalue weighted by Gasteiger charge is -2.21. The Labute approximate surface area is 139 Å². The Hall–Kier alpha value is -2.26. The molecule has 1 aromatic carbocycles. The van der Waals surface area contributed by atoms with Crippen molar-refractivity contribution < 1.29 is 32.5 Å². The molecule has 1 rings (SSSR count). The first-order chi connectivity index (χ1) is 11.0. The zero-order valence-corrected chi connectivity index (χ0v) is 14.0. The van der Waals surface area contributed by atoms with Crippen LogP contribution >= 0.6 is 0 Å². The van der Waals surface area contributed by atoms with Gasteiger partial charge < -0.3 is 10.4 Å². The third kappa shape index (κ3) is 5.74. The van der Waals surface area contributed by atoms with Gasteiger partial charge in [-0.15, -0.1) is 0 Å². The fraction of sp³-hybridized carbons (Fsp3) is 0.400. The molecule has 0 spiro atoms. The van der Waals surface area contributed by atoms with Gasteiger partial charge in [-0.25, -0.2) is 4.79 Å². The van der Waals surface area contributed by atoms with Crippen molar-refractivity contribution in [3.05, 3.63) is 35.9 Å². The number of hydrogen-bond donors (Lipinski definition) is 3. The Morgan fingerprint density at radius 3 is 2.08 bits per heavy atom. The minimum Gasteiger partial charge on any atom is -0.480 e. The van der Waals surface area contributed by atoms with E-state index in [1.165, 1.54) is 12.1 Å². The highest BCUT2D eigenvalue weighted by Gasteiger charge is 2.34. The second-order valence-corrected chi connectivity index (χ2v) is 7.10. The van der Waals surface area contributed by atoms with Crippen molar-refractivity contribution in [1.82, 2.24) is 5.32 Å². The van der Waals surface area contributed by atoms with Gasteiger partial charge >= 0.3 is 5.97 Å². The molecule has 0 fully saturated rings. The number of carbonyl (C=O) groups excluding carboxylic acids is 2. The second kappa shape index (κ2) is 8.02. The zero-order chi connectivity index (χ0) is 18.5. The molecule has 3 N–H and O–H groups in total. The van der Waals surface area contributed by atoms with Gasteiger partial charge in [-0.05, 0) is 5.92 Å². The molecule has 24 heavy (non-hydrogen) atoms. The van der Waals surface area contributed by atoms with Crippen LogP contribution in [0.3, 0.4) is 0 Å². The lowest BCUT2D eigenvalue weighted by molar-refractivity contribution is -0.141. The van der Waals surface area contributed by atoms with E-state index in [4.69, 9.17) is 9.66 Å². The van der Waals surface area contributed by atoms with E-state index in [0.717, 1.165) is 0 Å². The smallest absolute Gasteiger partial charge is 0.327 e. The van der Waals surface area contributed by atoms with Gasteiger partial charge in [-0.3, -0.25) is 14.1 Å². The molecule has 0 saturated heterocycles. The average Bonchev–Trinajstić information content (AvgIpc) is 2.45. The summed E-state index contributed by atoms with van der Waals surface area (Å²) in [7, 11) is -4.61. The number of nitrogens with one attached hydrogen (secondary N) is 1. The summed E-state index contributed by atoms with van der Waals surface area (Å²) in [5, 5.41) is 11.0. The summed E-state index contributed by atoms with van der Waals surface area (Å²) in [6.07, 6.45) is 0. The van der Waals surface area contributed by atoms with Crippen LogP contribution in [0.15, 0.2) is 30.3 Å². The van der Waals surface area contributed by atoms with Gasteiger partial charge in [0.15, 0.2) is 5.78 Å². The molecule has 2 unspecified atom stereocenters. The number of Topliss-reactive ketones (excluding diaryl/α,β-unsaturated/α-hetero) is 1. The number of benzene rings is 1. The van der Waals surface area contributed by atoms with Gasteiger partial charge in [-0.2, -0.15) is 8.42 Å². The van der Waals surface area contributed by atoms with Crippen LogP contribution in [0.1, 0.15) is 24.2 Å². The Morgan fingerprint density at radius 2 is 1.67 bits per heavy atom. The maximum Gasteiger partial charge on any atom is 0.327 e. The van der Waals surface area contributed by atoms with Crippen molar-refractivity contribution in [3.8, 4) is 0 Å². The van der Waals surface area contributed by atoms with Gasteiger partial charge in [0, 0.05) is 5.56 Å². The molecular formula is C15H19NO7S. The molecule has 0 heterocycles. The van der Waals surface area contributed by atoms with E-state index in [-0.39, 0.29) is 5.56 Å². The molecule has 0 aliphatic rings. The van der Waals surface area contributed by atoms with E-state index in [0.29, 0.717) is 0 Å². The maximum absolute atomic E-state index is 12.5. The molecule has 0 bridgehead atoms. The van der Waals surface area contributed by atoms with Crippen molar-refractivity contribution in [2.45, 2.75) is 19.9 Å². The molecule has 1 amide bonds. The number of hydrogen-bond acceptors (Lipinski definition) is 5. The average molecular weight is 357 g/mol. The number of ketones is 1. The van der Waals surface area contributed by atoms with Crippen LogP contribution in [0.4, 0.5) is 0 Å². The van der Waals surface area contributed by atoms with Crippen LogP contribution in [-0.4, -0.2) is 47.5 Å². The quantitative estimate of drug-likeness (QED) is 0.352. The number of carboxylic acids is 1. The molecule has 0 radical (unpaired) electrons. The van der Waals surface area contributed by atoms with Crippen molar-refractivity contribution in [1.29, 1.82) is 0 Å². The van der Waals surface area contributed by atoms with Gasteiger partial charge in [-0.1, -0.05) is 44.2 Å². The van der Waals surface area contributed by atoms with Crippen molar-refractivity contribution in [2.24, 2.45) is 11.8 Å². The van der Waals surface area contributed by atoms with Gasteiger partial charge in [0.05, 0.1) is 0 Å². The highest BCUT2D eigenvalue weighted by molar-refractivity contribution is 7.85. The fourth-order valence-electron chi connectivity index (χ4n) is 2.15. The summed E-state index contributed by atoms with van der Waals surface area (Å²) in [5.74, 6) is -5.85. The van der Waals surface area contributed by atoms with E-state index in [1.54, 1.807) is 32.0 Å². The number of aliphatic carboxylic acids is 1. The first kappa shape index (κ1) is 19.8. The summed E-state index contributed by atoms with van der Waals surface area (Å²) >= 11 is 0. The first-order valence-corrected chi connectivity index (χ1v) is 8.71. The molecule has 0 aromatic heterocycles. The lowest BCUT2D eigenvalue weighted by Crippen LogP contribution is -2.49. The van der Waals surface area contributed by atoms with Crippen LogP contribution < -0.4 is 5.32 Å². The lowest BCUT2D eigenvalue weighted by atomic mass is 9.87. The largest absolute Gasteiger partial charge is 0.480 e. The summed E-state index contributed by atoms with van der Waals surface area (Å²) in [4.78, 5) is 35.9. The first-order valence-electron chi connectivity index (χ1n) is 7.10. The minimum atomic E-state index is -4.61. The molecular weight excluding hydrogens is 338 g/mol. The molecule has 132 valence electrons. The Kier molecular flexibility index (Phi) is 6.61. The number of rotatable bonds is 8. The second-order valence-electron chi connectivity index (χ2n) is 5.60. The van der Waals surface area contributed by atoms with Crippen LogP contribution in [0, 0.1) is 11.8 Å². The zero-order valence-electron chi connectivity index (χ0n) is 13.2. The number of carbonyl (C=O) groups is 3. The highest BCUT2D eigenvalue weighted by Crippen LogP contribution is 2.18. The van der Waals surface area contributed by atoms with Crippen LogP contribution in [0.25, 0.3) is 0 Å². The van der Waals surface area contributed by atoms with Crippen LogP contribution in [-0.2, 0) is 19.7 Å². The monoisotopic (exact) mass is 357 g/mol. The maximum atomic E-state index is 12.5. The number of carboxylic acid groups (broad SMARTS) is 1. The van der Waals surface area contributed by atoms with Crippen LogP contribution in [0.5, 0.6) is 0 Å². The predicted molar refractivity (Wildman–Crippen MR) is 85.1 cm³/mol. The topological polar surface area (TPSA) is 138 Å². The number of amides is 1. The van der Waals surface area contributed by atoms with Gasteiger partial charge in [0.25, 0.3) is 10.1 Å². The predicted octanol–water partition coefficient (Wildman–Crippen LogP) is 0.599. The SMILES string of the molecule is CC(C)C(C(=O)NC(CS(=O)(=O)O)C(=O)O)C(=O)c1ccccc1. The Balaban J connectivity index is 3.02. The molecule has 0 aliphatic heterocycles. The summed E-state index contributed by atoms with van der Waals surface area (Å²) < 4.78 is 30.5. The summed E-state index contributed by atoms with van der Waals surface area (Å²) in [6, 6.07) is 6.16. The van der Waals surface area contributed by atoms with E-state index in [1.807, 2.05) is 5.32 Å². The van der Waals surface area contributed by atoms with Gasteiger partial charge in [0.2, 0.25) is 5.91 Å². The normalized spacial score (nSPS) is 14.0. The molecule has 0 aliphatic carbocycles. The van der Waals surface area contributed by atoms with Crippen molar-refractivity contribution in [3.63, 3.8) is 0 Å². The highest BCUT2D eigenvalue weighted by atomic mass is 32.2.